The Morgan fingerprint density at radius 3 is 2.92 bits per heavy atom. The van der Waals surface area contributed by atoms with E-state index < -0.39 is 0 Å². The molecule has 7 heteroatoms. The zero-order chi connectivity index (χ0) is 17.9. The van der Waals surface area contributed by atoms with Crippen molar-refractivity contribution in [1.82, 2.24) is 19.9 Å². The first-order valence-electron chi connectivity index (χ1n) is 9.22. The van der Waals surface area contributed by atoms with Crippen molar-refractivity contribution in [2.75, 3.05) is 30.3 Å². The minimum absolute atomic E-state index is 0.280. The number of carbonyl (C=O) groups is 1. The number of likely N-dealkylation sites (tertiary alicyclic amines) is 1. The summed E-state index contributed by atoms with van der Waals surface area (Å²) < 4.78 is 0. The van der Waals surface area contributed by atoms with Crippen LogP contribution in [0.15, 0.2) is 36.8 Å². The van der Waals surface area contributed by atoms with Gasteiger partial charge in [-0.25, -0.2) is 9.97 Å². The van der Waals surface area contributed by atoms with E-state index >= 15 is 0 Å². The summed E-state index contributed by atoms with van der Waals surface area (Å²) in [5, 5.41) is 0. The van der Waals surface area contributed by atoms with Crippen molar-refractivity contribution < 1.29 is 4.79 Å². The molecule has 0 aliphatic carbocycles. The molecule has 0 unspecified atom stereocenters. The van der Waals surface area contributed by atoms with Crippen molar-refractivity contribution in [2.24, 2.45) is 5.92 Å². The largest absolute Gasteiger partial charge is 0.384 e. The minimum atomic E-state index is 0.280. The van der Waals surface area contributed by atoms with Gasteiger partial charge in [0.25, 0.3) is 0 Å². The summed E-state index contributed by atoms with van der Waals surface area (Å²) in [6.45, 7) is 2.54. The third-order valence-corrected chi connectivity index (χ3v) is 5.48. The van der Waals surface area contributed by atoms with Crippen LogP contribution >= 0.6 is 0 Å². The van der Waals surface area contributed by atoms with Gasteiger partial charge in [0, 0.05) is 56.5 Å². The highest BCUT2D eigenvalue weighted by Gasteiger charge is 2.39. The van der Waals surface area contributed by atoms with Crippen LogP contribution in [0.3, 0.4) is 0 Å². The van der Waals surface area contributed by atoms with Gasteiger partial charge in [-0.3, -0.25) is 9.78 Å². The Morgan fingerprint density at radius 1 is 1.19 bits per heavy atom. The number of pyridine rings is 1. The van der Waals surface area contributed by atoms with E-state index in [0.717, 1.165) is 50.4 Å². The Balaban J connectivity index is 1.43. The number of anilines is 2. The summed E-state index contributed by atoms with van der Waals surface area (Å²) in [6, 6.07) is 8.08. The fourth-order valence-corrected chi connectivity index (χ4v) is 4.17. The van der Waals surface area contributed by atoms with Gasteiger partial charge in [0.2, 0.25) is 5.91 Å². The highest BCUT2D eigenvalue weighted by Crippen LogP contribution is 2.33. The lowest BCUT2D eigenvalue weighted by Gasteiger charge is -2.47. The second kappa shape index (κ2) is 7.27. The second-order valence-electron chi connectivity index (χ2n) is 7.06. The van der Waals surface area contributed by atoms with Crippen molar-refractivity contribution in [3.05, 3.63) is 42.5 Å². The number of hydrogen-bond donors (Lipinski definition) is 1. The number of rotatable bonds is 4. The van der Waals surface area contributed by atoms with Crippen LogP contribution in [0.4, 0.5) is 11.6 Å². The smallest absolute Gasteiger partial charge is 0.222 e. The lowest BCUT2D eigenvalue weighted by molar-refractivity contribution is -0.139. The monoisotopic (exact) mass is 352 g/mol. The Bertz CT molecular complexity index is 768. The van der Waals surface area contributed by atoms with Crippen molar-refractivity contribution in [3.63, 3.8) is 0 Å². The van der Waals surface area contributed by atoms with Crippen molar-refractivity contribution >= 4 is 17.5 Å². The summed E-state index contributed by atoms with van der Waals surface area (Å²) >= 11 is 0. The first-order chi connectivity index (χ1) is 12.7. The molecule has 0 spiro atoms. The Labute approximate surface area is 153 Å². The van der Waals surface area contributed by atoms with Gasteiger partial charge in [-0.05, 0) is 30.9 Å². The molecular weight excluding hydrogens is 328 g/mol. The summed E-state index contributed by atoms with van der Waals surface area (Å²) in [5.41, 5.74) is 6.83. The number of fused-ring (bicyclic) bond motifs is 1. The predicted octanol–water partition coefficient (Wildman–Crippen LogP) is 1.51. The minimum Gasteiger partial charge on any atom is -0.384 e. The lowest BCUT2D eigenvalue weighted by Crippen LogP contribution is -2.56. The van der Waals surface area contributed by atoms with Crippen LogP contribution in [-0.2, 0) is 11.2 Å². The van der Waals surface area contributed by atoms with E-state index in [1.54, 1.807) is 0 Å². The Hall–Kier alpha value is -2.70. The fraction of sp³-hybridized carbons (Fsp3) is 0.474. The summed E-state index contributed by atoms with van der Waals surface area (Å²) in [4.78, 5) is 29.6. The molecule has 0 aromatic carbocycles. The van der Waals surface area contributed by atoms with Gasteiger partial charge in [0.05, 0.1) is 0 Å². The molecule has 136 valence electrons. The number of nitrogens with two attached hydrogens (primary N) is 1. The van der Waals surface area contributed by atoms with Gasteiger partial charge in [0.1, 0.15) is 18.0 Å². The number of nitrogens with zero attached hydrogens (tertiary/aromatic N) is 5. The standard InChI is InChI=1S/C19H24N6O/c20-17-11-18(23-13-22-17)24-9-7-16-14(12-24)4-5-19(26)25(16)10-6-15-3-1-2-8-21-15/h1-3,8,11,13-14,16H,4-7,9-10,12H2,(H2,20,22,23)/t14-,16+/m0/s1. The molecule has 4 rings (SSSR count). The number of nitrogen functional groups attached to an aromatic ring is 1. The molecule has 7 nitrogen and oxygen atoms in total. The predicted molar refractivity (Wildman–Crippen MR) is 99.4 cm³/mol. The molecule has 4 heterocycles. The second-order valence-corrected chi connectivity index (χ2v) is 7.06. The Morgan fingerprint density at radius 2 is 2.12 bits per heavy atom. The topological polar surface area (TPSA) is 88.2 Å². The molecule has 0 saturated carbocycles. The molecule has 2 aliphatic rings. The quantitative estimate of drug-likeness (QED) is 0.897. The zero-order valence-corrected chi connectivity index (χ0v) is 14.8. The number of piperidine rings is 2. The summed E-state index contributed by atoms with van der Waals surface area (Å²) in [7, 11) is 0. The molecule has 2 saturated heterocycles. The van der Waals surface area contributed by atoms with Crippen LogP contribution < -0.4 is 10.6 Å². The van der Waals surface area contributed by atoms with Gasteiger partial charge in [-0.1, -0.05) is 6.07 Å². The summed E-state index contributed by atoms with van der Waals surface area (Å²) in [5.74, 6) is 2.13. The maximum atomic E-state index is 12.5. The van der Waals surface area contributed by atoms with E-state index in [1.165, 1.54) is 6.33 Å². The van der Waals surface area contributed by atoms with Gasteiger partial charge >= 0.3 is 0 Å². The van der Waals surface area contributed by atoms with E-state index in [-0.39, 0.29) is 5.91 Å². The average molecular weight is 352 g/mol. The van der Waals surface area contributed by atoms with Crippen molar-refractivity contribution in [3.8, 4) is 0 Å². The normalized spacial score (nSPS) is 23.0. The molecule has 2 fully saturated rings. The molecule has 26 heavy (non-hydrogen) atoms. The van der Waals surface area contributed by atoms with Gasteiger partial charge < -0.3 is 15.5 Å². The molecule has 1 amide bonds. The van der Waals surface area contributed by atoms with Crippen molar-refractivity contribution in [1.29, 1.82) is 0 Å². The first-order valence-corrected chi connectivity index (χ1v) is 9.22. The molecule has 2 aromatic heterocycles. The van der Waals surface area contributed by atoms with Gasteiger partial charge in [-0.15, -0.1) is 0 Å². The molecule has 2 aromatic rings. The molecule has 2 atom stereocenters. The van der Waals surface area contributed by atoms with Crippen LogP contribution in [0.5, 0.6) is 0 Å². The van der Waals surface area contributed by atoms with Crippen LogP contribution in [0, 0.1) is 5.92 Å². The SMILES string of the molecule is Nc1cc(N2CC[C@@H]3[C@@H](CCC(=O)N3CCc3ccccn3)C2)ncn1. The van der Waals surface area contributed by atoms with Crippen LogP contribution in [-0.4, -0.2) is 51.4 Å². The third-order valence-electron chi connectivity index (χ3n) is 5.48. The maximum Gasteiger partial charge on any atom is 0.222 e. The van der Waals surface area contributed by atoms with Crippen molar-refractivity contribution in [2.45, 2.75) is 31.7 Å². The van der Waals surface area contributed by atoms with Crippen LogP contribution in [0.25, 0.3) is 0 Å². The molecule has 2 aliphatic heterocycles. The van der Waals surface area contributed by atoms with E-state index in [0.29, 0.717) is 24.2 Å². The number of carbonyl (C=O) groups excluding carboxylic acids is 1. The third kappa shape index (κ3) is 3.47. The Kier molecular flexibility index (Phi) is 4.69. The van der Waals surface area contributed by atoms with E-state index in [4.69, 9.17) is 5.73 Å². The number of amides is 1. The zero-order valence-electron chi connectivity index (χ0n) is 14.8. The van der Waals surface area contributed by atoms with E-state index in [2.05, 4.69) is 24.8 Å². The number of hydrogen-bond acceptors (Lipinski definition) is 6. The van der Waals surface area contributed by atoms with Crippen LogP contribution in [0.1, 0.15) is 25.0 Å². The summed E-state index contributed by atoms with van der Waals surface area (Å²) in [6.07, 6.45) is 6.66. The van der Waals surface area contributed by atoms with Crippen LogP contribution in [0.2, 0.25) is 0 Å². The first kappa shape index (κ1) is 16.8. The molecular formula is C19H24N6O. The maximum absolute atomic E-state index is 12.5. The fourth-order valence-electron chi connectivity index (χ4n) is 4.17. The lowest BCUT2D eigenvalue weighted by atomic mass is 9.83. The highest BCUT2D eigenvalue weighted by atomic mass is 16.2. The van der Waals surface area contributed by atoms with Gasteiger partial charge in [0.15, 0.2) is 0 Å². The molecule has 2 N–H and O–H groups in total. The van der Waals surface area contributed by atoms with Gasteiger partial charge in [-0.2, -0.15) is 0 Å². The highest BCUT2D eigenvalue weighted by molar-refractivity contribution is 5.77. The molecule has 0 bridgehead atoms. The van der Waals surface area contributed by atoms with E-state index in [1.807, 2.05) is 30.5 Å². The average Bonchev–Trinajstić information content (AvgIpc) is 2.68. The molecule has 0 radical (unpaired) electrons. The van der Waals surface area contributed by atoms with E-state index in [9.17, 15) is 4.79 Å². The number of aromatic nitrogens is 3.